The summed E-state index contributed by atoms with van der Waals surface area (Å²) in [4.78, 5) is 14.3. The van der Waals surface area contributed by atoms with Crippen LogP contribution in [0.2, 0.25) is 0 Å². The van der Waals surface area contributed by atoms with E-state index in [-0.39, 0.29) is 5.88 Å². The molecule has 2 N–H and O–H groups in total. The van der Waals surface area contributed by atoms with Gasteiger partial charge >= 0.3 is 6.09 Å². The van der Waals surface area contributed by atoms with Gasteiger partial charge in [0.25, 0.3) is 0 Å². The second-order valence-electron chi connectivity index (χ2n) is 3.01. The van der Waals surface area contributed by atoms with Crippen LogP contribution in [0.15, 0.2) is 18.3 Å². The molecular formula is C9H12N2O2. The Balaban J connectivity index is 2.75. The first-order valence-electron chi connectivity index (χ1n) is 4.03. The van der Waals surface area contributed by atoms with Crippen molar-refractivity contribution in [1.82, 2.24) is 4.98 Å². The van der Waals surface area contributed by atoms with Crippen molar-refractivity contribution in [3.05, 3.63) is 23.9 Å². The van der Waals surface area contributed by atoms with Crippen LogP contribution in [0.1, 0.15) is 25.3 Å². The molecule has 1 aromatic rings. The summed E-state index contributed by atoms with van der Waals surface area (Å²) in [5.74, 6) is 0.645. The molecule has 4 heteroatoms. The maximum atomic E-state index is 10.3. The van der Waals surface area contributed by atoms with Crippen molar-refractivity contribution < 1.29 is 9.53 Å². The fourth-order valence-corrected chi connectivity index (χ4v) is 0.897. The van der Waals surface area contributed by atoms with Gasteiger partial charge in [-0.25, -0.2) is 9.78 Å². The molecule has 1 aromatic heterocycles. The Morgan fingerprint density at radius 1 is 1.54 bits per heavy atom. The molecule has 0 spiro atoms. The van der Waals surface area contributed by atoms with Crippen LogP contribution >= 0.6 is 0 Å². The van der Waals surface area contributed by atoms with Gasteiger partial charge in [-0.05, 0) is 11.5 Å². The lowest BCUT2D eigenvalue weighted by Gasteiger charge is -2.04. The third kappa shape index (κ3) is 2.74. The minimum absolute atomic E-state index is 0.233. The Bertz CT molecular complexity index is 293. The van der Waals surface area contributed by atoms with Gasteiger partial charge in [-0.15, -0.1) is 0 Å². The maximum Gasteiger partial charge on any atom is 0.411 e. The lowest BCUT2D eigenvalue weighted by molar-refractivity contribution is 0.209. The summed E-state index contributed by atoms with van der Waals surface area (Å²) in [6.07, 6.45) is 0.827. The smallest absolute Gasteiger partial charge is 0.391 e. The van der Waals surface area contributed by atoms with E-state index in [0.29, 0.717) is 5.92 Å². The van der Waals surface area contributed by atoms with E-state index in [9.17, 15) is 4.79 Å². The average molecular weight is 180 g/mol. The van der Waals surface area contributed by atoms with E-state index in [4.69, 9.17) is 5.73 Å². The van der Waals surface area contributed by atoms with Crippen LogP contribution < -0.4 is 10.5 Å². The standard InChI is InChI=1S/C9H12N2O2/c1-6(2)7-3-4-8(11-5-7)13-9(10)12/h3-6H,1-2H3,(H2,10,12). The summed E-state index contributed by atoms with van der Waals surface area (Å²) >= 11 is 0. The van der Waals surface area contributed by atoms with Crippen LogP contribution in [0, 0.1) is 0 Å². The number of amides is 1. The van der Waals surface area contributed by atoms with Crippen LogP contribution in [-0.2, 0) is 0 Å². The van der Waals surface area contributed by atoms with E-state index in [0.717, 1.165) is 5.56 Å². The predicted molar refractivity (Wildman–Crippen MR) is 48.5 cm³/mol. The number of carbonyl (C=O) groups is 1. The van der Waals surface area contributed by atoms with Crippen LogP contribution in [0.3, 0.4) is 0 Å². The summed E-state index contributed by atoms with van der Waals surface area (Å²) in [5, 5.41) is 0. The van der Waals surface area contributed by atoms with Gasteiger partial charge in [-0.3, -0.25) is 0 Å². The summed E-state index contributed by atoms with van der Waals surface area (Å²) < 4.78 is 4.58. The summed E-state index contributed by atoms with van der Waals surface area (Å²) in [7, 11) is 0. The van der Waals surface area contributed by atoms with E-state index < -0.39 is 6.09 Å². The fraction of sp³-hybridized carbons (Fsp3) is 0.333. The Kier molecular flexibility index (Phi) is 2.84. The van der Waals surface area contributed by atoms with Gasteiger partial charge in [0.2, 0.25) is 5.88 Å². The Hall–Kier alpha value is -1.58. The minimum Gasteiger partial charge on any atom is -0.391 e. The normalized spacial score (nSPS) is 10.1. The predicted octanol–water partition coefficient (Wildman–Crippen LogP) is 1.66. The van der Waals surface area contributed by atoms with Crippen molar-refractivity contribution >= 4 is 6.09 Å². The number of nitrogens with zero attached hydrogens (tertiary/aromatic N) is 1. The zero-order valence-corrected chi connectivity index (χ0v) is 7.65. The topological polar surface area (TPSA) is 65.2 Å². The molecular weight excluding hydrogens is 168 g/mol. The van der Waals surface area contributed by atoms with Gasteiger partial charge in [0.1, 0.15) is 0 Å². The first-order chi connectivity index (χ1) is 6.09. The second-order valence-corrected chi connectivity index (χ2v) is 3.01. The van der Waals surface area contributed by atoms with Gasteiger partial charge in [0.15, 0.2) is 0 Å². The van der Waals surface area contributed by atoms with Crippen molar-refractivity contribution in [2.45, 2.75) is 19.8 Å². The maximum absolute atomic E-state index is 10.3. The fourth-order valence-electron chi connectivity index (χ4n) is 0.897. The molecule has 0 aromatic carbocycles. The minimum atomic E-state index is -0.843. The third-order valence-corrected chi connectivity index (χ3v) is 1.63. The molecule has 0 saturated heterocycles. The van der Waals surface area contributed by atoms with E-state index in [1.54, 1.807) is 12.3 Å². The highest BCUT2D eigenvalue weighted by molar-refractivity contribution is 5.67. The van der Waals surface area contributed by atoms with Crippen molar-refractivity contribution in [3.8, 4) is 5.88 Å². The number of aromatic nitrogens is 1. The second kappa shape index (κ2) is 3.89. The highest BCUT2D eigenvalue weighted by atomic mass is 16.6. The third-order valence-electron chi connectivity index (χ3n) is 1.63. The first-order valence-corrected chi connectivity index (χ1v) is 4.03. The molecule has 0 fully saturated rings. The van der Waals surface area contributed by atoms with Gasteiger partial charge in [-0.1, -0.05) is 19.9 Å². The van der Waals surface area contributed by atoms with Crippen LogP contribution in [0.5, 0.6) is 5.88 Å². The molecule has 0 unspecified atom stereocenters. The van der Waals surface area contributed by atoms with Crippen molar-refractivity contribution in [1.29, 1.82) is 0 Å². The summed E-state index contributed by atoms with van der Waals surface area (Å²) in [6, 6.07) is 3.48. The summed E-state index contributed by atoms with van der Waals surface area (Å²) in [5.41, 5.74) is 5.92. The van der Waals surface area contributed by atoms with E-state index in [2.05, 4.69) is 23.6 Å². The number of hydrogen-bond donors (Lipinski definition) is 1. The number of nitrogens with two attached hydrogens (primary N) is 1. The van der Waals surface area contributed by atoms with Crippen molar-refractivity contribution in [3.63, 3.8) is 0 Å². The molecule has 0 atom stereocenters. The SMILES string of the molecule is CC(C)c1ccc(OC(N)=O)nc1. The largest absolute Gasteiger partial charge is 0.411 e. The monoisotopic (exact) mass is 180 g/mol. The molecule has 0 aliphatic carbocycles. The highest BCUT2D eigenvalue weighted by Gasteiger charge is 2.02. The number of ether oxygens (including phenoxy) is 1. The number of primary amides is 1. The molecule has 0 bridgehead atoms. The van der Waals surface area contributed by atoms with Crippen molar-refractivity contribution in [2.75, 3.05) is 0 Å². The average Bonchev–Trinajstić information content (AvgIpc) is 2.04. The molecule has 1 heterocycles. The zero-order valence-electron chi connectivity index (χ0n) is 7.65. The lowest BCUT2D eigenvalue weighted by atomic mass is 10.1. The van der Waals surface area contributed by atoms with Crippen molar-refractivity contribution in [2.24, 2.45) is 5.73 Å². The molecule has 70 valence electrons. The van der Waals surface area contributed by atoms with Gasteiger partial charge in [0, 0.05) is 12.3 Å². The Labute approximate surface area is 76.7 Å². The number of carbonyl (C=O) groups excluding carboxylic acids is 1. The highest BCUT2D eigenvalue weighted by Crippen LogP contribution is 2.15. The number of rotatable bonds is 2. The van der Waals surface area contributed by atoms with Crippen LogP contribution in [0.25, 0.3) is 0 Å². The quantitative estimate of drug-likeness (QED) is 0.752. The number of pyridine rings is 1. The Morgan fingerprint density at radius 3 is 2.62 bits per heavy atom. The van der Waals surface area contributed by atoms with E-state index in [1.807, 2.05) is 6.07 Å². The number of hydrogen-bond acceptors (Lipinski definition) is 3. The molecule has 4 nitrogen and oxygen atoms in total. The molecule has 0 radical (unpaired) electrons. The van der Waals surface area contributed by atoms with Gasteiger partial charge < -0.3 is 10.5 Å². The van der Waals surface area contributed by atoms with E-state index >= 15 is 0 Å². The first kappa shape index (κ1) is 9.51. The molecule has 0 aliphatic heterocycles. The van der Waals surface area contributed by atoms with Crippen LogP contribution in [0.4, 0.5) is 4.79 Å². The summed E-state index contributed by atoms with van der Waals surface area (Å²) in [6.45, 7) is 4.12. The van der Waals surface area contributed by atoms with Crippen LogP contribution in [-0.4, -0.2) is 11.1 Å². The molecule has 0 aliphatic rings. The molecule has 13 heavy (non-hydrogen) atoms. The molecule has 1 amide bonds. The lowest BCUT2D eigenvalue weighted by Crippen LogP contribution is -2.16. The van der Waals surface area contributed by atoms with Gasteiger partial charge in [0.05, 0.1) is 0 Å². The van der Waals surface area contributed by atoms with E-state index in [1.165, 1.54) is 0 Å². The Morgan fingerprint density at radius 2 is 2.23 bits per heavy atom. The zero-order chi connectivity index (χ0) is 9.84. The molecule has 1 rings (SSSR count). The molecule has 0 saturated carbocycles. The van der Waals surface area contributed by atoms with Gasteiger partial charge in [-0.2, -0.15) is 0 Å².